The molecule has 2 aromatic rings. The molecule has 0 aliphatic carbocycles. The van der Waals surface area contributed by atoms with Crippen molar-refractivity contribution in [1.82, 2.24) is 4.90 Å². The van der Waals surface area contributed by atoms with Crippen LogP contribution >= 0.6 is 0 Å². The molecule has 0 unspecified atom stereocenters. The second-order valence-electron chi connectivity index (χ2n) is 5.98. The second kappa shape index (κ2) is 8.42. The molecule has 1 fully saturated rings. The number of para-hydroxylation sites is 1. The summed E-state index contributed by atoms with van der Waals surface area (Å²) in [6.45, 7) is 1.42. The van der Waals surface area contributed by atoms with E-state index in [1.165, 1.54) is 0 Å². The molecule has 0 bridgehead atoms. The minimum Gasteiger partial charge on any atom is -0.497 e. The molecular weight excluding hydrogens is 318 g/mol. The van der Waals surface area contributed by atoms with Gasteiger partial charge in [-0.05, 0) is 24.3 Å². The van der Waals surface area contributed by atoms with Gasteiger partial charge in [-0.1, -0.05) is 24.3 Å². The Morgan fingerprint density at radius 3 is 2.40 bits per heavy atom. The van der Waals surface area contributed by atoms with Crippen molar-refractivity contribution < 1.29 is 19.0 Å². The monoisotopic (exact) mass is 341 g/mol. The van der Waals surface area contributed by atoms with E-state index >= 15 is 0 Å². The Kier molecular flexibility index (Phi) is 5.77. The van der Waals surface area contributed by atoms with Crippen LogP contribution in [0.25, 0.3) is 0 Å². The van der Waals surface area contributed by atoms with E-state index in [-0.39, 0.29) is 18.6 Å². The van der Waals surface area contributed by atoms with Gasteiger partial charge in [0.25, 0.3) is 5.91 Å². The highest BCUT2D eigenvalue weighted by Crippen LogP contribution is 2.20. The maximum absolute atomic E-state index is 12.3. The highest BCUT2D eigenvalue weighted by molar-refractivity contribution is 5.77. The van der Waals surface area contributed by atoms with E-state index in [4.69, 9.17) is 14.2 Å². The minimum absolute atomic E-state index is 0.000908. The summed E-state index contributed by atoms with van der Waals surface area (Å²) >= 11 is 0. The summed E-state index contributed by atoms with van der Waals surface area (Å²) in [7, 11) is 1.60. The van der Waals surface area contributed by atoms with Gasteiger partial charge in [0, 0.05) is 32.0 Å². The molecular formula is C20H23NO4. The van der Waals surface area contributed by atoms with Gasteiger partial charge in [-0.3, -0.25) is 4.79 Å². The molecule has 0 spiro atoms. The van der Waals surface area contributed by atoms with Gasteiger partial charge in [-0.2, -0.15) is 0 Å². The molecule has 0 atom stereocenters. The number of ether oxygens (including phenoxy) is 3. The molecule has 2 aromatic carbocycles. The third-order valence-corrected chi connectivity index (χ3v) is 4.24. The lowest BCUT2D eigenvalue weighted by atomic mass is 10.1. The summed E-state index contributed by atoms with van der Waals surface area (Å²) < 4.78 is 16.7. The number of hydrogen-bond acceptors (Lipinski definition) is 4. The number of likely N-dealkylation sites (tertiary alicyclic amines) is 1. The van der Waals surface area contributed by atoms with E-state index in [0.717, 1.165) is 18.6 Å². The van der Waals surface area contributed by atoms with Crippen LogP contribution < -0.4 is 14.2 Å². The number of carbonyl (C=O) groups is 1. The maximum atomic E-state index is 12.3. The molecule has 5 heteroatoms. The van der Waals surface area contributed by atoms with Crippen LogP contribution in [0.2, 0.25) is 0 Å². The highest BCUT2D eigenvalue weighted by Gasteiger charge is 2.24. The SMILES string of the molecule is COc1cccc(OCC(=O)N2CCC(Oc3ccccc3)CC2)c1. The lowest BCUT2D eigenvalue weighted by Gasteiger charge is -2.32. The number of carbonyl (C=O) groups excluding carboxylic acids is 1. The van der Waals surface area contributed by atoms with Gasteiger partial charge in [0.05, 0.1) is 7.11 Å². The van der Waals surface area contributed by atoms with E-state index in [1.807, 2.05) is 53.4 Å². The van der Waals surface area contributed by atoms with Gasteiger partial charge in [0.1, 0.15) is 23.4 Å². The summed E-state index contributed by atoms with van der Waals surface area (Å²) in [6, 6.07) is 17.1. The zero-order valence-electron chi connectivity index (χ0n) is 14.4. The zero-order valence-corrected chi connectivity index (χ0v) is 14.4. The number of rotatable bonds is 6. The van der Waals surface area contributed by atoms with E-state index < -0.39 is 0 Å². The van der Waals surface area contributed by atoms with Crippen LogP contribution in [0.5, 0.6) is 17.2 Å². The smallest absolute Gasteiger partial charge is 0.260 e. The average molecular weight is 341 g/mol. The lowest BCUT2D eigenvalue weighted by molar-refractivity contribution is -0.135. The van der Waals surface area contributed by atoms with Crippen molar-refractivity contribution in [2.24, 2.45) is 0 Å². The van der Waals surface area contributed by atoms with Gasteiger partial charge in [-0.15, -0.1) is 0 Å². The Morgan fingerprint density at radius 2 is 1.68 bits per heavy atom. The first-order chi connectivity index (χ1) is 12.2. The molecule has 5 nitrogen and oxygen atoms in total. The van der Waals surface area contributed by atoms with Crippen molar-refractivity contribution in [2.75, 3.05) is 26.8 Å². The molecule has 1 heterocycles. The number of amides is 1. The van der Waals surface area contributed by atoms with Crippen LogP contribution in [-0.2, 0) is 4.79 Å². The Hall–Kier alpha value is -2.69. The molecule has 1 amide bonds. The largest absolute Gasteiger partial charge is 0.497 e. The van der Waals surface area contributed by atoms with E-state index in [2.05, 4.69) is 0 Å². The first kappa shape index (κ1) is 17.1. The number of benzene rings is 2. The fourth-order valence-electron chi connectivity index (χ4n) is 2.84. The first-order valence-corrected chi connectivity index (χ1v) is 8.51. The lowest BCUT2D eigenvalue weighted by Crippen LogP contribution is -2.43. The van der Waals surface area contributed by atoms with E-state index in [1.54, 1.807) is 13.2 Å². The quantitative estimate of drug-likeness (QED) is 0.810. The standard InChI is InChI=1S/C20H23NO4/c1-23-18-8-5-9-19(14-18)24-15-20(22)21-12-10-17(11-13-21)25-16-6-3-2-4-7-16/h2-9,14,17H,10-13,15H2,1H3. The summed E-state index contributed by atoms with van der Waals surface area (Å²) in [6.07, 6.45) is 1.82. The van der Waals surface area contributed by atoms with Crippen LogP contribution in [-0.4, -0.2) is 43.7 Å². The van der Waals surface area contributed by atoms with Crippen molar-refractivity contribution >= 4 is 5.91 Å². The van der Waals surface area contributed by atoms with Gasteiger partial charge >= 0.3 is 0 Å². The summed E-state index contributed by atoms with van der Waals surface area (Å²) in [5, 5.41) is 0. The van der Waals surface area contributed by atoms with Crippen molar-refractivity contribution in [3.8, 4) is 17.2 Å². The summed E-state index contributed by atoms with van der Waals surface area (Å²) in [5.74, 6) is 2.23. The molecule has 25 heavy (non-hydrogen) atoms. The first-order valence-electron chi connectivity index (χ1n) is 8.51. The Bertz CT molecular complexity index is 681. The summed E-state index contributed by atoms with van der Waals surface area (Å²) in [4.78, 5) is 14.2. The normalized spacial score (nSPS) is 14.8. The third kappa shape index (κ3) is 4.89. The third-order valence-electron chi connectivity index (χ3n) is 4.24. The average Bonchev–Trinajstić information content (AvgIpc) is 2.67. The molecule has 132 valence electrons. The van der Waals surface area contributed by atoms with Gasteiger partial charge in [0.2, 0.25) is 0 Å². The fraction of sp³-hybridized carbons (Fsp3) is 0.350. The predicted molar refractivity (Wildman–Crippen MR) is 95.2 cm³/mol. The minimum atomic E-state index is 0.000908. The van der Waals surface area contributed by atoms with Crippen molar-refractivity contribution in [2.45, 2.75) is 18.9 Å². The predicted octanol–water partition coefficient (Wildman–Crippen LogP) is 3.14. The number of piperidine rings is 1. The molecule has 1 aliphatic rings. The number of hydrogen-bond donors (Lipinski definition) is 0. The highest BCUT2D eigenvalue weighted by atomic mass is 16.5. The van der Waals surface area contributed by atoms with Crippen LogP contribution in [0.4, 0.5) is 0 Å². The van der Waals surface area contributed by atoms with Crippen LogP contribution in [0.1, 0.15) is 12.8 Å². The summed E-state index contributed by atoms with van der Waals surface area (Å²) in [5.41, 5.74) is 0. The fourth-order valence-corrected chi connectivity index (χ4v) is 2.84. The molecule has 0 N–H and O–H groups in total. The van der Waals surface area contributed by atoms with Gasteiger partial charge < -0.3 is 19.1 Å². The van der Waals surface area contributed by atoms with Crippen LogP contribution in [0, 0.1) is 0 Å². The molecule has 0 saturated carbocycles. The van der Waals surface area contributed by atoms with Crippen molar-refractivity contribution in [3.63, 3.8) is 0 Å². The van der Waals surface area contributed by atoms with Gasteiger partial charge in [-0.25, -0.2) is 0 Å². The number of methoxy groups -OCH3 is 1. The topological polar surface area (TPSA) is 48.0 Å². The van der Waals surface area contributed by atoms with Crippen molar-refractivity contribution in [1.29, 1.82) is 0 Å². The van der Waals surface area contributed by atoms with Crippen molar-refractivity contribution in [3.05, 3.63) is 54.6 Å². The van der Waals surface area contributed by atoms with E-state index in [0.29, 0.717) is 24.6 Å². The maximum Gasteiger partial charge on any atom is 0.260 e. The van der Waals surface area contributed by atoms with E-state index in [9.17, 15) is 4.79 Å². The number of nitrogens with zero attached hydrogens (tertiary/aromatic N) is 1. The Labute approximate surface area is 148 Å². The van der Waals surface area contributed by atoms with Gasteiger partial charge in [0.15, 0.2) is 6.61 Å². The van der Waals surface area contributed by atoms with Crippen LogP contribution in [0.15, 0.2) is 54.6 Å². The molecule has 1 aliphatic heterocycles. The second-order valence-corrected chi connectivity index (χ2v) is 5.98. The molecule has 1 saturated heterocycles. The Balaban J connectivity index is 1.43. The Morgan fingerprint density at radius 1 is 1.00 bits per heavy atom. The zero-order chi connectivity index (χ0) is 17.5. The molecule has 3 rings (SSSR count). The molecule has 0 radical (unpaired) electrons. The molecule has 0 aromatic heterocycles. The van der Waals surface area contributed by atoms with Crippen LogP contribution in [0.3, 0.4) is 0 Å².